The number of amides is 1. The number of hydrogen-bond donors (Lipinski definition) is 2. The Morgan fingerprint density at radius 2 is 1.86 bits per heavy atom. The number of benzene rings is 2. The van der Waals surface area contributed by atoms with Crippen molar-refractivity contribution in [3.63, 3.8) is 0 Å². The van der Waals surface area contributed by atoms with Crippen molar-refractivity contribution in [2.45, 2.75) is 6.92 Å². The first-order valence-electron chi connectivity index (χ1n) is 8.24. The molecule has 7 nitrogen and oxygen atoms in total. The number of hydrogen-bond acceptors (Lipinski definition) is 4. The summed E-state index contributed by atoms with van der Waals surface area (Å²) in [4.78, 5) is 31.5. The van der Waals surface area contributed by atoms with Crippen molar-refractivity contribution in [1.29, 1.82) is 0 Å². The molecule has 4 rings (SSSR count). The lowest BCUT2D eigenvalue weighted by Gasteiger charge is -2.07. The summed E-state index contributed by atoms with van der Waals surface area (Å²) in [6.45, 7) is 1.98. The van der Waals surface area contributed by atoms with Crippen LogP contribution in [0.15, 0.2) is 53.3 Å². The number of H-pyrrole nitrogens is 1. The normalized spacial score (nSPS) is 11.0. The van der Waals surface area contributed by atoms with Crippen LogP contribution in [0.25, 0.3) is 17.2 Å². The summed E-state index contributed by atoms with van der Waals surface area (Å²) < 4.78 is 1.36. The molecule has 0 fully saturated rings. The van der Waals surface area contributed by atoms with Gasteiger partial charge in [0.1, 0.15) is 5.82 Å². The maximum absolute atomic E-state index is 12.6. The van der Waals surface area contributed by atoms with E-state index in [1.807, 2.05) is 31.2 Å². The van der Waals surface area contributed by atoms with E-state index in [1.54, 1.807) is 6.07 Å². The van der Waals surface area contributed by atoms with Gasteiger partial charge in [-0.1, -0.05) is 53.0 Å². The van der Waals surface area contributed by atoms with Crippen LogP contribution in [0.5, 0.6) is 0 Å². The van der Waals surface area contributed by atoms with E-state index in [-0.39, 0.29) is 22.2 Å². The topological polar surface area (TPSA) is 92.1 Å². The summed E-state index contributed by atoms with van der Waals surface area (Å²) in [5.41, 5.74) is 1.69. The molecule has 0 saturated heterocycles. The molecule has 0 spiro atoms. The van der Waals surface area contributed by atoms with Crippen LogP contribution in [0.4, 0.5) is 5.82 Å². The summed E-state index contributed by atoms with van der Waals surface area (Å²) in [6.07, 6.45) is 0. The molecule has 2 aromatic carbocycles. The molecule has 0 aliphatic rings. The van der Waals surface area contributed by atoms with Crippen LogP contribution in [-0.4, -0.2) is 25.5 Å². The molecule has 4 aromatic rings. The third-order valence-electron chi connectivity index (χ3n) is 4.07. The maximum Gasteiger partial charge on any atom is 0.258 e. The van der Waals surface area contributed by atoms with E-state index >= 15 is 0 Å². The van der Waals surface area contributed by atoms with Gasteiger partial charge in [0.2, 0.25) is 5.78 Å². The van der Waals surface area contributed by atoms with E-state index in [4.69, 9.17) is 23.2 Å². The Kier molecular flexibility index (Phi) is 4.62. The number of nitrogens with one attached hydrogen (secondary N) is 2. The van der Waals surface area contributed by atoms with Crippen LogP contribution in [0.3, 0.4) is 0 Å². The highest BCUT2D eigenvalue weighted by Gasteiger charge is 2.16. The number of halogens is 2. The van der Waals surface area contributed by atoms with Gasteiger partial charge in [-0.3, -0.25) is 14.6 Å². The average molecular weight is 414 g/mol. The summed E-state index contributed by atoms with van der Waals surface area (Å²) in [5.74, 6) is 0.295. The Bertz CT molecular complexity index is 1260. The van der Waals surface area contributed by atoms with E-state index in [0.717, 1.165) is 11.1 Å². The van der Waals surface area contributed by atoms with Crippen molar-refractivity contribution in [3.8, 4) is 11.4 Å². The van der Waals surface area contributed by atoms with Crippen molar-refractivity contribution in [2.24, 2.45) is 0 Å². The Morgan fingerprint density at radius 3 is 2.57 bits per heavy atom. The molecule has 0 aliphatic carbocycles. The van der Waals surface area contributed by atoms with Gasteiger partial charge >= 0.3 is 0 Å². The highest BCUT2D eigenvalue weighted by molar-refractivity contribution is 6.37. The fraction of sp³-hybridized carbons (Fsp3) is 0.0526. The van der Waals surface area contributed by atoms with Crippen molar-refractivity contribution < 1.29 is 4.79 Å². The molecule has 1 amide bonds. The molecular weight excluding hydrogens is 401 g/mol. The SMILES string of the molecule is Cc1ccc(-c2nc3[nH]c(=O)cc(NC(=O)c4ccc(Cl)cc4Cl)n3n2)cc1. The van der Waals surface area contributed by atoms with Crippen molar-refractivity contribution in [3.05, 3.63) is 80.1 Å². The smallest absolute Gasteiger partial charge is 0.258 e. The molecule has 2 heterocycles. The summed E-state index contributed by atoms with van der Waals surface area (Å²) in [7, 11) is 0. The van der Waals surface area contributed by atoms with Crippen molar-refractivity contribution in [1.82, 2.24) is 19.6 Å². The average Bonchev–Trinajstić information content (AvgIpc) is 3.06. The maximum atomic E-state index is 12.6. The molecule has 2 aromatic heterocycles. The van der Waals surface area contributed by atoms with Gasteiger partial charge in [-0.2, -0.15) is 9.50 Å². The zero-order valence-electron chi connectivity index (χ0n) is 14.5. The number of nitrogens with zero attached hydrogens (tertiary/aromatic N) is 3. The molecule has 2 N–H and O–H groups in total. The highest BCUT2D eigenvalue weighted by atomic mass is 35.5. The first-order valence-corrected chi connectivity index (χ1v) is 9.00. The van der Waals surface area contributed by atoms with Gasteiger partial charge in [-0.25, -0.2) is 0 Å². The minimum Gasteiger partial charge on any atom is -0.306 e. The fourth-order valence-electron chi connectivity index (χ4n) is 2.66. The number of rotatable bonds is 3. The zero-order valence-corrected chi connectivity index (χ0v) is 16.0. The Morgan fingerprint density at radius 1 is 1.11 bits per heavy atom. The number of fused-ring (bicyclic) bond motifs is 1. The Balaban J connectivity index is 1.75. The lowest BCUT2D eigenvalue weighted by Crippen LogP contribution is -2.19. The van der Waals surface area contributed by atoms with E-state index in [1.165, 1.54) is 22.7 Å². The second kappa shape index (κ2) is 7.10. The molecule has 0 radical (unpaired) electrons. The van der Waals surface area contributed by atoms with Gasteiger partial charge in [0, 0.05) is 16.7 Å². The molecule has 0 aliphatic heterocycles. The third kappa shape index (κ3) is 3.49. The van der Waals surface area contributed by atoms with E-state index in [0.29, 0.717) is 10.8 Å². The largest absolute Gasteiger partial charge is 0.306 e. The number of anilines is 1. The van der Waals surface area contributed by atoms with Gasteiger partial charge in [0.15, 0.2) is 5.82 Å². The number of carbonyl (C=O) groups is 1. The van der Waals surface area contributed by atoms with Crippen LogP contribution < -0.4 is 10.9 Å². The number of aryl methyl sites for hydroxylation is 1. The Hall–Kier alpha value is -3.16. The quantitative estimate of drug-likeness (QED) is 0.531. The third-order valence-corrected chi connectivity index (χ3v) is 4.61. The second-order valence-electron chi connectivity index (χ2n) is 6.13. The first kappa shape index (κ1) is 18.2. The lowest BCUT2D eigenvalue weighted by atomic mass is 10.1. The van der Waals surface area contributed by atoms with E-state index in [2.05, 4.69) is 20.4 Å². The van der Waals surface area contributed by atoms with Gasteiger partial charge in [0.25, 0.3) is 11.5 Å². The lowest BCUT2D eigenvalue weighted by molar-refractivity contribution is 0.102. The minimum absolute atomic E-state index is 0.167. The van der Waals surface area contributed by atoms with E-state index in [9.17, 15) is 9.59 Å². The number of aromatic nitrogens is 4. The molecular formula is C19H13Cl2N5O2. The predicted molar refractivity (Wildman–Crippen MR) is 108 cm³/mol. The molecule has 140 valence electrons. The van der Waals surface area contributed by atoms with E-state index < -0.39 is 11.5 Å². The number of carbonyl (C=O) groups excluding carboxylic acids is 1. The first-order chi connectivity index (χ1) is 13.4. The van der Waals surface area contributed by atoms with Crippen LogP contribution in [0, 0.1) is 6.92 Å². The molecule has 0 saturated carbocycles. The summed E-state index contributed by atoms with van der Waals surface area (Å²) >= 11 is 12.0. The Labute approximate surface area is 169 Å². The molecule has 0 bridgehead atoms. The molecule has 0 atom stereocenters. The zero-order chi connectivity index (χ0) is 19.8. The summed E-state index contributed by atoms with van der Waals surface area (Å²) in [5, 5.41) is 7.67. The molecule has 28 heavy (non-hydrogen) atoms. The minimum atomic E-state index is -0.499. The monoisotopic (exact) mass is 413 g/mol. The van der Waals surface area contributed by atoms with Gasteiger partial charge in [-0.15, -0.1) is 5.10 Å². The van der Waals surface area contributed by atoms with Crippen molar-refractivity contribution in [2.75, 3.05) is 5.32 Å². The van der Waals surface area contributed by atoms with Crippen LogP contribution >= 0.6 is 23.2 Å². The van der Waals surface area contributed by atoms with Gasteiger partial charge in [0.05, 0.1) is 10.6 Å². The summed E-state index contributed by atoms with van der Waals surface area (Å²) in [6, 6.07) is 13.4. The molecule has 0 unspecified atom stereocenters. The van der Waals surface area contributed by atoms with Gasteiger partial charge < -0.3 is 5.32 Å². The van der Waals surface area contributed by atoms with Crippen LogP contribution in [0.1, 0.15) is 15.9 Å². The second-order valence-corrected chi connectivity index (χ2v) is 6.98. The standard InChI is InChI=1S/C19H13Cl2N5O2/c1-10-2-4-11(5-3-10)17-24-19-23-16(27)9-15(26(19)25-17)22-18(28)13-7-6-12(20)8-14(13)21/h2-9H,1H3,(H,22,28)(H,23,24,25,27). The van der Waals surface area contributed by atoms with Gasteiger partial charge in [-0.05, 0) is 25.1 Å². The van der Waals surface area contributed by atoms with Crippen LogP contribution in [-0.2, 0) is 0 Å². The number of aromatic amines is 1. The highest BCUT2D eigenvalue weighted by Crippen LogP contribution is 2.22. The molecule has 9 heteroatoms. The predicted octanol–water partition coefficient (Wildman–Crippen LogP) is 3.95. The van der Waals surface area contributed by atoms with Crippen molar-refractivity contribution >= 4 is 40.7 Å². The fourth-order valence-corrected chi connectivity index (χ4v) is 3.16. The van der Waals surface area contributed by atoms with Crippen LogP contribution in [0.2, 0.25) is 10.0 Å².